The van der Waals surface area contributed by atoms with Crippen molar-refractivity contribution >= 4 is 40.3 Å². The third kappa shape index (κ3) is 1.90. The fourth-order valence-electron chi connectivity index (χ4n) is 1.66. The van der Waals surface area contributed by atoms with E-state index in [1.807, 2.05) is 30.1 Å². The van der Waals surface area contributed by atoms with Gasteiger partial charge < -0.3 is 4.90 Å². The number of halogens is 1. The van der Waals surface area contributed by atoms with E-state index in [0.29, 0.717) is 10.1 Å². The Hall–Kier alpha value is -1.13. The number of nitrogens with zero attached hydrogens (tertiary/aromatic N) is 2. The smallest absolute Gasteiger partial charge is 0.193 e. The predicted molar refractivity (Wildman–Crippen MR) is 72.4 cm³/mol. The van der Waals surface area contributed by atoms with Crippen molar-refractivity contribution in [2.24, 2.45) is 5.10 Å². The predicted octanol–water partition coefficient (Wildman–Crippen LogP) is 2.78. The van der Waals surface area contributed by atoms with Crippen LogP contribution in [0.5, 0.6) is 0 Å². The molecule has 0 saturated heterocycles. The van der Waals surface area contributed by atoms with E-state index in [2.05, 4.69) is 17.5 Å². The van der Waals surface area contributed by atoms with Crippen LogP contribution < -0.4 is 10.3 Å². The van der Waals surface area contributed by atoms with Crippen LogP contribution in [0.15, 0.2) is 23.3 Å². The van der Waals surface area contributed by atoms with E-state index >= 15 is 0 Å². The van der Waals surface area contributed by atoms with E-state index in [1.54, 1.807) is 0 Å². The van der Waals surface area contributed by atoms with Crippen LogP contribution in [0.25, 0.3) is 0 Å². The lowest BCUT2D eigenvalue weighted by Crippen LogP contribution is -2.33. The average molecular weight is 254 g/mol. The molecule has 5 heteroatoms. The summed E-state index contributed by atoms with van der Waals surface area (Å²) in [5, 5.41) is 5.58. The Morgan fingerprint density at radius 2 is 2.25 bits per heavy atom. The zero-order chi connectivity index (χ0) is 11.7. The second kappa shape index (κ2) is 4.39. The number of anilines is 1. The Morgan fingerprint density at radius 1 is 1.50 bits per heavy atom. The Labute approximate surface area is 105 Å². The summed E-state index contributed by atoms with van der Waals surface area (Å²) in [5.41, 5.74) is 5.89. The first-order valence-electron chi connectivity index (χ1n) is 5.03. The molecule has 0 spiro atoms. The molecule has 0 radical (unpaired) electrons. The number of thiocarbonyl (C=S) groups is 1. The lowest BCUT2D eigenvalue weighted by molar-refractivity contribution is 1.01. The Balaban J connectivity index is 2.62. The molecule has 0 saturated carbocycles. The highest BCUT2D eigenvalue weighted by molar-refractivity contribution is 7.80. The molecule has 0 bridgehead atoms. The zero-order valence-electron chi connectivity index (χ0n) is 9.12. The summed E-state index contributed by atoms with van der Waals surface area (Å²) in [7, 11) is 1.91. The van der Waals surface area contributed by atoms with Gasteiger partial charge in [-0.3, -0.25) is 5.43 Å². The Bertz CT molecular complexity index is 470. The fraction of sp³-hybridized carbons (Fsp3) is 0.273. The number of hydrazone groups is 1. The Kier molecular flexibility index (Phi) is 3.12. The van der Waals surface area contributed by atoms with Gasteiger partial charge in [0.25, 0.3) is 0 Å². The summed E-state index contributed by atoms with van der Waals surface area (Å²) in [5.74, 6) is 0. The second-order valence-corrected chi connectivity index (χ2v) is 4.37. The van der Waals surface area contributed by atoms with Crippen molar-refractivity contribution in [3.05, 3.63) is 28.8 Å². The minimum absolute atomic E-state index is 0.590. The normalized spacial score (nSPS) is 15.1. The number of rotatable bonds is 1. The molecule has 1 aliphatic heterocycles. The van der Waals surface area contributed by atoms with Crippen molar-refractivity contribution in [1.82, 2.24) is 5.43 Å². The van der Waals surface area contributed by atoms with Crippen molar-refractivity contribution in [2.75, 3.05) is 11.9 Å². The van der Waals surface area contributed by atoms with Crippen molar-refractivity contribution in [3.63, 3.8) is 0 Å². The Morgan fingerprint density at radius 3 is 2.94 bits per heavy atom. The maximum atomic E-state index is 6.01. The van der Waals surface area contributed by atoms with Crippen molar-refractivity contribution in [1.29, 1.82) is 0 Å². The van der Waals surface area contributed by atoms with Gasteiger partial charge in [-0.25, -0.2) is 0 Å². The van der Waals surface area contributed by atoms with Gasteiger partial charge in [-0.2, -0.15) is 5.10 Å². The molecule has 1 aliphatic rings. The van der Waals surface area contributed by atoms with Gasteiger partial charge in [0.05, 0.1) is 11.4 Å². The highest BCUT2D eigenvalue weighted by Gasteiger charge is 2.18. The van der Waals surface area contributed by atoms with E-state index < -0.39 is 0 Å². The lowest BCUT2D eigenvalue weighted by atomic mass is 10.1. The monoisotopic (exact) mass is 253 g/mol. The molecule has 0 atom stereocenters. The van der Waals surface area contributed by atoms with Crippen molar-refractivity contribution in [2.45, 2.75) is 13.3 Å². The highest BCUT2D eigenvalue weighted by Crippen LogP contribution is 2.26. The molecule has 84 valence electrons. The summed E-state index contributed by atoms with van der Waals surface area (Å²) in [6.45, 7) is 2.06. The van der Waals surface area contributed by atoms with Crippen LogP contribution in [0.1, 0.15) is 18.9 Å². The lowest BCUT2D eigenvalue weighted by Gasteiger charge is -2.19. The molecule has 3 nitrogen and oxygen atoms in total. The standard InChI is InChI=1S/C11H12ClN3S/c1-3-9-8-6-7(12)4-5-10(8)15(2)11(16)14-13-9/h4-6H,3H2,1-2H3,(H,14,16). The fourth-order valence-corrected chi connectivity index (χ4v) is 1.98. The summed E-state index contributed by atoms with van der Waals surface area (Å²) in [6, 6.07) is 5.74. The van der Waals surface area contributed by atoms with Crippen LogP contribution in [-0.2, 0) is 0 Å². The molecule has 0 aromatic heterocycles. The van der Waals surface area contributed by atoms with Gasteiger partial charge in [0.15, 0.2) is 5.11 Å². The van der Waals surface area contributed by atoms with Crippen molar-refractivity contribution in [3.8, 4) is 0 Å². The van der Waals surface area contributed by atoms with E-state index in [1.165, 1.54) is 0 Å². The SMILES string of the molecule is CCC1=NNC(=S)N(C)c2ccc(Cl)cc21. The molecule has 16 heavy (non-hydrogen) atoms. The summed E-state index contributed by atoms with van der Waals surface area (Å²) < 4.78 is 0. The van der Waals surface area contributed by atoms with E-state index in [4.69, 9.17) is 23.8 Å². The van der Waals surface area contributed by atoms with Gasteiger partial charge >= 0.3 is 0 Å². The van der Waals surface area contributed by atoms with Crippen molar-refractivity contribution < 1.29 is 0 Å². The van der Waals surface area contributed by atoms with Crippen LogP contribution in [0.4, 0.5) is 5.69 Å². The molecule has 1 heterocycles. The molecule has 1 N–H and O–H groups in total. The number of nitrogens with one attached hydrogen (secondary N) is 1. The molecular formula is C11H12ClN3S. The highest BCUT2D eigenvalue weighted by atomic mass is 35.5. The van der Waals surface area contributed by atoms with Crippen LogP contribution >= 0.6 is 23.8 Å². The van der Waals surface area contributed by atoms with Crippen LogP contribution in [0, 0.1) is 0 Å². The van der Waals surface area contributed by atoms with Crippen LogP contribution in [0.3, 0.4) is 0 Å². The molecule has 0 fully saturated rings. The van der Waals surface area contributed by atoms with Gasteiger partial charge in [-0.15, -0.1) is 0 Å². The number of fused-ring (bicyclic) bond motifs is 1. The largest absolute Gasteiger partial charge is 0.320 e. The molecule has 1 aromatic rings. The first kappa shape index (κ1) is 11.4. The summed E-state index contributed by atoms with van der Waals surface area (Å²) in [6.07, 6.45) is 0.830. The average Bonchev–Trinajstić information content (AvgIpc) is 2.39. The zero-order valence-corrected chi connectivity index (χ0v) is 10.7. The van der Waals surface area contributed by atoms with Gasteiger partial charge in [-0.1, -0.05) is 18.5 Å². The number of hydrogen-bond donors (Lipinski definition) is 1. The number of hydrogen-bond acceptors (Lipinski definition) is 2. The first-order valence-corrected chi connectivity index (χ1v) is 5.82. The molecule has 1 aromatic carbocycles. The van der Waals surface area contributed by atoms with Crippen LogP contribution in [0.2, 0.25) is 5.02 Å². The quantitative estimate of drug-likeness (QED) is 0.780. The molecule has 0 aliphatic carbocycles. The van der Waals surface area contributed by atoms with E-state index in [9.17, 15) is 0 Å². The van der Waals surface area contributed by atoms with Crippen LogP contribution in [-0.4, -0.2) is 17.9 Å². The maximum Gasteiger partial charge on any atom is 0.193 e. The van der Waals surface area contributed by atoms with E-state index in [-0.39, 0.29) is 0 Å². The first-order chi connectivity index (χ1) is 7.63. The van der Waals surface area contributed by atoms with Gasteiger partial charge in [-0.05, 0) is 36.8 Å². The maximum absolute atomic E-state index is 6.01. The number of benzene rings is 1. The van der Waals surface area contributed by atoms with E-state index in [0.717, 1.165) is 23.4 Å². The third-order valence-electron chi connectivity index (χ3n) is 2.56. The van der Waals surface area contributed by atoms with Gasteiger partial charge in [0.1, 0.15) is 0 Å². The molecule has 0 unspecified atom stereocenters. The summed E-state index contributed by atoms with van der Waals surface area (Å²) in [4.78, 5) is 1.90. The summed E-state index contributed by atoms with van der Waals surface area (Å²) >= 11 is 11.2. The minimum atomic E-state index is 0.590. The third-order valence-corrected chi connectivity index (χ3v) is 3.16. The minimum Gasteiger partial charge on any atom is -0.320 e. The van der Waals surface area contributed by atoms with Gasteiger partial charge in [0, 0.05) is 17.6 Å². The second-order valence-electron chi connectivity index (χ2n) is 3.55. The van der Waals surface area contributed by atoms with Gasteiger partial charge in [0.2, 0.25) is 0 Å². The molecular weight excluding hydrogens is 242 g/mol. The molecule has 2 rings (SSSR count). The topological polar surface area (TPSA) is 27.6 Å². The molecule has 0 amide bonds.